The summed E-state index contributed by atoms with van der Waals surface area (Å²) in [5, 5.41) is 11.3. The van der Waals surface area contributed by atoms with Crippen LogP contribution in [0, 0.1) is 0 Å². The van der Waals surface area contributed by atoms with E-state index in [0.717, 1.165) is 49.6 Å². The number of amides is 1. The molecule has 1 N–H and O–H groups in total. The number of halogens is 3. The van der Waals surface area contributed by atoms with E-state index in [9.17, 15) is 18.0 Å². The Kier molecular flexibility index (Phi) is 7.57. The third kappa shape index (κ3) is 5.98. The minimum Gasteiger partial charge on any atom is -0.325 e. The van der Waals surface area contributed by atoms with Crippen LogP contribution >= 0.6 is 11.8 Å². The number of carbonyl (C=O) groups excluding carboxylic acids is 1. The van der Waals surface area contributed by atoms with Crippen molar-refractivity contribution in [1.82, 2.24) is 19.7 Å². The van der Waals surface area contributed by atoms with Gasteiger partial charge < -0.3 is 5.32 Å². The van der Waals surface area contributed by atoms with Crippen molar-refractivity contribution in [2.45, 2.75) is 49.3 Å². The van der Waals surface area contributed by atoms with E-state index < -0.39 is 22.9 Å². The molecule has 0 aliphatic carbocycles. The number of benzene rings is 2. The summed E-state index contributed by atoms with van der Waals surface area (Å²) in [5.74, 6) is 0.380. The summed E-state index contributed by atoms with van der Waals surface area (Å²) >= 11 is 1.22. The van der Waals surface area contributed by atoms with Crippen LogP contribution in [0.4, 0.5) is 18.9 Å². The molecule has 2 aromatic carbocycles. The number of nitrogens with zero attached hydrogens (tertiary/aromatic N) is 4. The van der Waals surface area contributed by atoms with Crippen LogP contribution in [0.2, 0.25) is 0 Å². The van der Waals surface area contributed by atoms with Gasteiger partial charge in [-0.05, 0) is 63.2 Å². The Hall–Kier alpha value is -2.85. The fourth-order valence-corrected chi connectivity index (χ4v) is 4.75. The molecule has 1 fully saturated rings. The predicted octanol–water partition coefficient (Wildman–Crippen LogP) is 5.39. The number of hydrogen-bond donors (Lipinski definition) is 1. The Balaban J connectivity index is 1.52. The zero-order valence-electron chi connectivity index (χ0n) is 18.8. The summed E-state index contributed by atoms with van der Waals surface area (Å²) in [7, 11) is 0. The lowest BCUT2D eigenvalue weighted by atomic mass is 10.1. The molecule has 10 heteroatoms. The molecule has 0 spiro atoms. The first-order valence-electron chi connectivity index (χ1n) is 11.2. The highest BCUT2D eigenvalue weighted by Crippen LogP contribution is 2.31. The monoisotopic (exact) mass is 489 g/mol. The Bertz CT molecular complexity index is 1110. The van der Waals surface area contributed by atoms with Gasteiger partial charge in [0.1, 0.15) is 0 Å². The number of aromatic nitrogens is 3. The van der Waals surface area contributed by atoms with E-state index in [2.05, 4.69) is 20.4 Å². The Morgan fingerprint density at radius 3 is 2.50 bits per heavy atom. The maximum Gasteiger partial charge on any atom is 0.416 e. The molecule has 1 saturated heterocycles. The van der Waals surface area contributed by atoms with Gasteiger partial charge in [0.05, 0.1) is 17.4 Å². The van der Waals surface area contributed by atoms with Crippen molar-refractivity contribution in [1.29, 1.82) is 0 Å². The SMILES string of the molecule is CC(Sc1nnc(CN2CCCCC2)n1-c1ccccc1)C(=O)Nc1cccc(C(F)(F)F)c1. The molecule has 1 amide bonds. The third-order valence-electron chi connectivity index (χ3n) is 5.64. The largest absolute Gasteiger partial charge is 0.416 e. The topological polar surface area (TPSA) is 63.1 Å². The highest BCUT2D eigenvalue weighted by atomic mass is 32.2. The second kappa shape index (κ2) is 10.6. The molecule has 6 nitrogen and oxygen atoms in total. The summed E-state index contributed by atoms with van der Waals surface area (Å²) < 4.78 is 40.9. The zero-order chi connectivity index (χ0) is 24.1. The molecule has 1 aliphatic rings. The maximum atomic E-state index is 13.0. The number of hydrogen-bond acceptors (Lipinski definition) is 5. The number of nitrogens with one attached hydrogen (secondary N) is 1. The van der Waals surface area contributed by atoms with Crippen LogP contribution in [0.5, 0.6) is 0 Å². The molecule has 3 aromatic rings. The molecule has 4 rings (SSSR count). The minimum absolute atomic E-state index is 0.0996. The van der Waals surface area contributed by atoms with Crippen LogP contribution in [0.15, 0.2) is 59.8 Å². The number of piperidine rings is 1. The number of alkyl halides is 3. The fraction of sp³-hybridized carbons (Fsp3) is 0.375. The van der Waals surface area contributed by atoms with Gasteiger partial charge in [-0.25, -0.2) is 0 Å². The van der Waals surface area contributed by atoms with E-state index in [1.54, 1.807) is 6.92 Å². The van der Waals surface area contributed by atoms with Crippen molar-refractivity contribution >= 4 is 23.4 Å². The van der Waals surface area contributed by atoms with Crippen LogP contribution < -0.4 is 5.32 Å². The number of likely N-dealkylation sites (tertiary alicyclic amines) is 1. The van der Waals surface area contributed by atoms with E-state index in [0.29, 0.717) is 11.7 Å². The van der Waals surface area contributed by atoms with Gasteiger partial charge in [0.15, 0.2) is 11.0 Å². The lowest BCUT2D eigenvalue weighted by molar-refractivity contribution is -0.137. The summed E-state index contributed by atoms with van der Waals surface area (Å²) in [6.45, 7) is 4.38. The standard InChI is InChI=1S/C24H26F3N5OS/c1-17(22(33)28-19-10-8-9-18(15-19)24(25,26)27)34-23-30-29-21(16-31-13-6-3-7-14-31)32(23)20-11-4-2-5-12-20/h2,4-5,8-12,15,17H,3,6-7,13-14,16H2,1H3,(H,28,33). The van der Waals surface area contributed by atoms with Crippen molar-refractivity contribution in [3.8, 4) is 5.69 Å². The first-order valence-corrected chi connectivity index (χ1v) is 12.1. The van der Waals surface area contributed by atoms with Gasteiger partial charge in [-0.15, -0.1) is 10.2 Å². The van der Waals surface area contributed by atoms with Gasteiger partial charge in [-0.2, -0.15) is 13.2 Å². The Morgan fingerprint density at radius 2 is 1.79 bits per heavy atom. The maximum absolute atomic E-state index is 13.0. The van der Waals surface area contributed by atoms with E-state index in [1.165, 1.54) is 30.3 Å². The van der Waals surface area contributed by atoms with Crippen LogP contribution in [-0.4, -0.2) is 43.9 Å². The van der Waals surface area contributed by atoms with E-state index in [1.807, 2.05) is 34.9 Å². The van der Waals surface area contributed by atoms with Crippen molar-refractivity contribution in [2.24, 2.45) is 0 Å². The van der Waals surface area contributed by atoms with Crippen LogP contribution in [0.25, 0.3) is 5.69 Å². The molecule has 0 saturated carbocycles. The molecule has 2 heterocycles. The molecule has 180 valence electrons. The zero-order valence-corrected chi connectivity index (χ0v) is 19.6. The summed E-state index contributed by atoms with van der Waals surface area (Å²) in [4.78, 5) is 15.1. The second-order valence-electron chi connectivity index (χ2n) is 8.23. The quantitative estimate of drug-likeness (QED) is 0.451. The van der Waals surface area contributed by atoms with Crippen molar-refractivity contribution < 1.29 is 18.0 Å². The van der Waals surface area contributed by atoms with E-state index >= 15 is 0 Å². The summed E-state index contributed by atoms with van der Waals surface area (Å²) in [6.07, 6.45) is -0.916. The number of carbonyl (C=O) groups is 1. The second-order valence-corrected chi connectivity index (χ2v) is 9.54. The van der Waals surface area contributed by atoms with Crippen LogP contribution in [0.3, 0.4) is 0 Å². The smallest absolute Gasteiger partial charge is 0.325 e. The van der Waals surface area contributed by atoms with Gasteiger partial charge in [-0.1, -0.05) is 42.4 Å². The van der Waals surface area contributed by atoms with Crippen molar-refractivity contribution in [2.75, 3.05) is 18.4 Å². The van der Waals surface area contributed by atoms with Crippen LogP contribution in [0.1, 0.15) is 37.6 Å². The molecule has 0 bridgehead atoms. The average molecular weight is 490 g/mol. The summed E-state index contributed by atoms with van der Waals surface area (Å²) in [6, 6.07) is 14.3. The number of anilines is 1. The number of para-hydroxylation sites is 1. The molecule has 1 aliphatic heterocycles. The average Bonchev–Trinajstić information content (AvgIpc) is 3.21. The summed E-state index contributed by atoms with van der Waals surface area (Å²) in [5.41, 5.74) is 0.187. The van der Waals surface area contributed by atoms with E-state index in [4.69, 9.17) is 0 Å². The molecule has 1 unspecified atom stereocenters. The Labute approximate surface area is 200 Å². The van der Waals surface area contributed by atoms with Gasteiger partial charge in [0.2, 0.25) is 5.91 Å². The van der Waals surface area contributed by atoms with Gasteiger partial charge in [-0.3, -0.25) is 14.3 Å². The highest BCUT2D eigenvalue weighted by Gasteiger charge is 2.31. The molecule has 0 radical (unpaired) electrons. The fourth-order valence-electron chi connectivity index (χ4n) is 3.86. The molecular weight excluding hydrogens is 463 g/mol. The van der Waals surface area contributed by atoms with E-state index in [-0.39, 0.29) is 5.69 Å². The Morgan fingerprint density at radius 1 is 1.06 bits per heavy atom. The normalized spacial score (nSPS) is 15.8. The van der Waals surface area contributed by atoms with Gasteiger partial charge >= 0.3 is 6.18 Å². The number of thioether (sulfide) groups is 1. The lowest BCUT2D eigenvalue weighted by Crippen LogP contribution is -2.30. The molecule has 1 atom stereocenters. The third-order valence-corrected chi connectivity index (χ3v) is 6.68. The van der Waals surface area contributed by atoms with Gasteiger partial charge in [0.25, 0.3) is 0 Å². The van der Waals surface area contributed by atoms with Crippen molar-refractivity contribution in [3.05, 3.63) is 66.0 Å². The first-order chi connectivity index (χ1) is 16.3. The molecule has 34 heavy (non-hydrogen) atoms. The lowest BCUT2D eigenvalue weighted by Gasteiger charge is -2.26. The minimum atomic E-state index is -4.47. The number of rotatable bonds is 7. The molecule has 1 aromatic heterocycles. The predicted molar refractivity (Wildman–Crippen MR) is 126 cm³/mol. The first kappa shape index (κ1) is 24.3. The van der Waals surface area contributed by atoms with Crippen LogP contribution in [-0.2, 0) is 17.5 Å². The van der Waals surface area contributed by atoms with Gasteiger partial charge in [0, 0.05) is 11.4 Å². The highest BCUT2D eigenvalue weighted by molar-refractivity contribution is 8.00. The van der Waals surface area contributed by atoms with Crippen molar-refractivity contribution in [3.63, 3.8) is 0 Å². The molecular formula is C24H26F3N5OS.